The number of ether oxygens (including phenoxy) is 1. The molecule has 158 valence electrons. The van der Waals surface area contributed by atoms with Crippen LogP contribution in [0.5, 0.6) is 5.75 Å². The monoisotopic (exact) mass is 422 g/mol. The lowest BCUT2D eigenvalue weighted by atomic mass is 10.2. The molecule has 8 nitrogen and oxygen atoms in total. The first-order valence-corrected chi connectivity index (χ1v) is 8.81. The molecule has 1 aromatic carbocycles. The number of rotatable bonds is 6. The van der Waals surface area contributed by atoms with Gasteiger partial charge in [0.15, 0.2) is 35.0 Å². The van der Waals surface area contributed by atoms with Gasteiger partial charge in [-0.2, -0.15) is 13.2 Å². The van der Waals surface area contributed by atoms with Gasteiger partial charge in [0.1, 0.15) is 0 Å². The average molecular weight is 422 g/mol. The summed E-state index contributed by atoms with van der Waals surface area (Å²) >= 11 is 0. The molecular formula is C19H17F3N4O4. The number of carbonyl (C=O) groups excluding carboxylic acids is 1. The summed E-state index contributed by atoms with van der Waals surface area (Å²) in [6.07, 6.45) is -4.35. The van der Waals surface area contributed by atoms with Gasteiger partial charge in [-0.15, -0.1) is 0 Å². The molecule has 0 saturated heterocycles. The van der Waals surface area contributed by atoms with Gasteiger partial charge in [-0.1, -0.05) is 25.1 Å². The highest BCUT2D eigenvalue weighted by Crippen LogP contribution is 2.33. The zero-order chi connectivity index (χ0) is 22.1. The van der Waals surface area contributed by atoms with Gasteiger partial charge in [0.2, 0.25) is 0 Å². The van der Waals surface area contributed by atoms with Crippen molar-refractivity contribution in [3.8, 4) is 5.75 Å². The zero-order valence-electron chi connectivity index (χ0n) is 15.9. The molecule has 0 radical (unpaired) electrons. The maximum Gasteiger partial charge on any atom is 0.422 e. The van der Waals surface area contributed by atoms with Crippen LogP contribution in [0.4, 0.5) is 19.0 Å². The number of benzene rings is 1. The highest BCUT2D eigenvalue weighted by Gasteiger charge is 2.32. The fourth-order valence-electron chi connectivity index (χ4n) is 2.86. The van der Waals surface area contributed by atoms with Gasteiger partial charge in [0, 0.05) is 12.6 Å². The van der Waals surface area contributed by atoms with Crippen molar-refractivity contribution in [3.05, 3.63) is 47.3 Å². The highest BCUT2D eigenvalue weighted by atomic mass is 19.4. The predicted octanol–water partition coefficient (Wildman–Crippen LogP) is 3.42. The van der Waals surface area contributed by atoms with Crippen molar-refractivity contribution >= 4 is 28.9 Å². The van der Waals surface area contributed by atoms with Crippen LogP contribution in [0.2, 0.25) is 0 Å². The fourth-order valence-corrected chi connectivity index (χ4v) is 2.86. The largest absolute Gasteiger partial charge is 0.479 e. The predicted molar refractivity (Wildman–Crippen MR) is 101 cm³/mol. The van der Waals surface area contributed by atoms with Gasteiger partial charge in [-0.3, -0.25) is 4.79 Å². The Labute approximate surface area is 168 Å². The van der Waals surface area contributed by atoms with Crippen molar-refractivity contribution in [1.82, 2.24) is 14.5 Å². The number of amides is 1. The number of nitrogens with one attached hydrogen (secondary N) is 1. The second-order valence-corrected chi connectivity index (χ2v) is 6.31. The van der Waals surface area contributed by atoms with E-state index in [1.165, 1.54) is 7.05 Å². The van der Waals surface area contributed by atoms with E-state index < -0.39 is 36.1 Å². The number of carboxylic acid groups (broad SMARTS) is 1. The van der Waals surface area contributed by atoms with Gasteiger partial charge in [0.05, 0.1) is 5.69 Å². The summed E-state index contributed by atoms with van der Waals surface area (Å²) in [4.78, 5) is 32.6. The molecule has 2 N–H and O–H groups in total. The number of alkyl halides is 3. The van der Waals surface area contributed by atoms with E-state index in [2.05, 4.69) is 15.3 Å². The number of carboxylic acids is 1. The number of anilines is 1. The number of fused-ring (bicyclic) bond motifs is 1. The van der Waals surface area contributed by atoms with E-state index in [-0.39, 0.29) is 17.0 Å². The Kier molecular flexibility index (Phi) is 5.63. The third kappa shape index (κ3) is 4.19. The molecule has 3 aromatic rings. The molecule has 0 bridgehead atoms. The van der Waals surface area contributed by atoms with E-state index in [0.29, 0.717) is 17.7 Å². The summed E-state index contributed by atoms with van der Waals surface area (Å²) in [7, 11) is 1.34. The van der Waals surface area contributed by atoms with Crippen molar-refractivity contribution in [2.75, 3.05) is 11.9 Å². The molecule has 2 heterocycles. The van der Waals surface area contributed by atoms with E-state index in [9.17, 15) is 27.9 Å². The first kappa shape index (κ1) is 21.1. The number of halogens is 3. The quantitative estimate of drug-likeness (QED) is 0.631. The molecule has 30 heavy (non-hydrogen) atoms. The van der Waals surface area contributed by atoms with Crippen LogP contribution in [0.1, 0.15) is 33.5 Å². The number of aromatic nitrogens is 3. The first-order valence-electron chi connectivity index (χ1n) is 8.81. The average Bonchev–Trinajstić information content (AvgIpc) is 2.97. The van der Waals surface area contributed by atoms with Crippen molar-refractivity contribution in [3.63, 3.8) is 0 Å². The maximum atomic E-state index is 12.7. The first-order chi connectivity index (χ1) is 14.1. The molecule has 11 heteroatoms. The Bertz CT molecular complexity index is 1110. The Morgan fingerprint density at radius 3 is 2.43 bits per heavy atom. The molecule has 1 amide bonds. The minimum absolute atomic E-state index is 0.0123. The summed E-state index contributed by atoms with van der Waals surface area (Å²) in [6, 6.07) is 8.24. The van der Waals surface area contributed by atoms with Crippen LogP contribution in [-0.2, 0) is 13.5 Å². The van der Waals surface area contributed by atoms with Crippen LogP contribution in [0.3, 0.4) is 0 Å². The van der Waals surface area contributed by atoms with E-state index in [1.54, 1.807) is 37.3 Å². The summed E-state index contributed by atoms with van der Waals surface area (Å²) < 4.78 is 43.9. The molecule has 0 fully saturated rings. The number of carbonyl (C=O) groups is 2. The summed E-state index contributed by atoms with van der Waals surface area (Å²) in [6.45, 7) is 0.0471. The number of aryl methyl sites for hydroxylation is 2. The third-order valence-electron chi connectivity index (χ3n) is 4.22. The smallest absolute Gasteiger partial charge is 0.422 e. The zero-order valence-corrected chi connectivity index (χ0v) is 15.9. The minimum atomic E-state index is -4.68. The molecule has 0 aliphatic rings. The van der Waals surface area contributed by atoms with Crippen molar-refractivity contribution in [2.45, 2.75) is 19.5 Å². The molecule has 0 atom stereocenters. The standard InChI is InChI=1S/C19H17F3N4O4/c1-3-11-15(25-17(27)10-7-5-4-6-8-10)24-12-14(30-9-19(20,21)22)13(18(28)29)26(2)16(12)23-11/h4-8H,3,9H2,1-2H3,(H,28,29)(H,24,25,27). The normalized spacial score (nSPS) is 11.5. The lowest BCUT2D eigenvalue weighted by Crippen LogP contribution is -2.20. The Morgan fingerprint density at radius 2 is 1.87 bits per heavy atom. The van der Waals surface area contributed by atoms with Crippen LogP contribution in [0, 0.1) is 0 Å². The van der Waals surface area contributed by atoms with Gasteiger partial charge >= 0.3 is 12.1 Å². The topological polar surface area (TPSA) is 106 Å². The van der Waals surface area contributed by atoms with E-state index in [4.69, 9.17) is 4.74 Å². The number of hydrogen-bond donors (Lipinski definition) is 2. The lowest BCUT2D eigenvalue weighted by molar-refractivity contribution is -0.153. The molecular weight excluding hydrogens is 405 g/mol. The highest BCUT2D eigenvalue weighted by molar-refractivity contribution is 6.05. The maximum absolute atomic E-state index is 12.7. The van der Waals surface area contributed by atoms with Crippen molar-refractivity contribution in [1.29, 1.82) is 0 Å². The Hall–Kier alpha value is -3.63. The lowest BCUT2D eigenvalue weighted by Gasteiger charge is -2.11. The number of aromatic carboxylic acids is 1. The molecule has 0 unspecified atom stereocenters. The van der Waals surface area contributed by atoms with Crippen LogP contribution in [0.25, 0.3) is 11.2 Å². The summed E-state index contributed by atoms with van der Waals surface area (Å²) in [5.41, 5.74) is -0.0114. The van der Waals surface area contributed by atoms with Gasteiger partial charge in [-0.25, -0.2) is 14.8 Å². The van der Waals surface area contributed by atoms with E-state index in [1.807, 2.05) is 0 Å². The SMILES string of the molecule is CCc1nc2c(nc1NC(=O)c1ccccc1)c(OCC(F)(F)F)c(C(=O)O)n2C. The number of nitrogens with zero attached hydrogens (tertiary/aromatic N) is 3. The van der Waals surface area contributed by atoms with Gasteiger partial charge in [-0.05, 0) is 18.6 Å². The minimum Gasteiger partial charge on any atom is -0.479 e. The van der Waals surface area contributed by atoms with Gasteiger partial charge < -0.3 is 19.7 Å². The van der Waals surface area contributed by atoms with Gasteiger partial charge in [0.25, 0.3) is 5.91 Å². The van der Waals surface area contributed by atoms with E-state index >= 15 is 0 Å². The Balaban J connectivity index is 2.12. The Morgan fingerprint density at radius 1 is 1.20 bits per heavy atom. The molecule has 0 saturated carbocycles. The van der Waals surface area contributed by atoms with Crippen LogP contribution < -0.4 is 10.1 Å². The molecule has 0 spiro atoms. The second kappa shape index (κ2) is 8.01. The third-order valence-corrected chi connectivity index (χ3v) is 4.22. The van der Waals surface area contributed by atoms with E-state index in [0.717, 1.165) is 4.57 Å². The summed E-state index contributed by atoms with van der Waals surface area (Å²) in [5, 5.41) is 12.0. The number of hydrogen-bond acceptors (Lipinski definition) is 5. The summed E-state index contributed by atoms with van der Waals surface area (Å²) in [5.74, 6) is -2.55. The van der Waals surface area contributed by atoms with Crippen LogP contribution in [-0.4, -0.2) is 44.3 Å². The van der Waals surface area contributed by atoms with Crippen LogP contribution >= 0.6 is 0 Å². The van der Waals surface area contributed by atoms with Crippen molar-refractivity contribution < 1.29 is 32.6 Å². The molecule has 0 aliphatic heterocycles. The molecule has 3 rings (SSSR count). The molecule has 2 aromatic heterocycles. The molecule has 0 aliphatic carbocycles. The fraction of sp³-hybridized carbons (Fsp3) is 0.263. The second-order valence-electron chi connectivity index (χ2n) is 6.31. The van der Waals surface area contributed by atoms with Crippen LogP contribution in [0.15, 0.2) is 30.3 Å². The van der Waals surface area contributed by atoms with Crippen molar-refractivity contribution in [2.24, 2.45) is 7.05 Å².